The Morgan fingerprint density at radius 1 is 1.44 bits per heavy atom. The van der Waals surface area contributed by atoms with Crippen molar-refractivity contribution in [2.75, 3.05) is 19.7 Å². The van der Waals surface area contributed by atoms with E-state index in [0.717, 1.165) is 18.8 Å². The summed E-state index contributed by atoms with van der Waals surface area (Å²) in [7, 11) is 0. The highest BCUT2D eigenvalue weighted by Crippen LogP contribution is 2.31. The minimum Gasteiger partial charge on any atom is -0.489 e. The fourth-order valence-corrected chi connectivity index (χ4v) is 2.12. The topological polar surface area (TPSA) is 62.7 Å². The third-order valence-electron chi connectivity index (χ3n) is 3.00. The number of allylic oxidation sites excluding steroid dienone is 2. The van der Waals surface area contributed by atoms with E-state index in [1.165, 1.54) is 6.07 Å². The summed E-state index contributed by atoms with van der Waals surface area (Å²) in [6.45, 7) is 2.15. The minimum atomic E-state index is -1.03. The number of hydrogen-bond donors (Lipinski definition) is 1. The van der Waals surface area contributed by atoms with Crippen LogP contribution in [-0.2, 0) is 0 Å². The Hall–Kier alpha value is -2.30. The van der Waals surface area contributed by atoms with Gasteiger partial charge < -0.3 is 14.7 Å². The zero-order valence-corrected chi connectivity index (χ0v) is 9.67. The van der Waals surface area contributed by atoms with Crippen molar-refractivity contribution in [3.8, 4) is 5.75 Å². The largest absolute Gasteiger partial charge is 0.489 e. The molecule has 0 saturated heterocycles. The van der Waals surface area contributed by atoms with E-state index in [4.69, 9.17) is 9.84 Å². The van der Waals surface area contributed by atoms with Gasteiger partial charge in [0.25, 0.3) is 0 Å². The van der Waals surface area contributed by atoms with Crippen molar-refractivity contribution in [2.45, 2.75) is 0 Å². The number of carboxylic acid groups (broad SMARTS) is 1. The molecule has 0 aromatic carbocycles. The lowest BCUT2D eigenvalue weighted by Gasteiger charge is -2.25. The molecule has 0 aliphatic carbocycles. The molecule has 1 aromatic heterocycles. The van der Waals surface area contributed by atoms with Crippen LogP contribution in [-0.4, -0.2) is 40.7 Å². The van der Waals surface area contributed by atoms with E-state index in [-0.39, 0.29) is 5.69 Å². The van der Waals surface area contributed by atoms with Crippen LogP contribution < -0.4 is 4.74 Å². The second-order valence-electron chi connectivity index (χ2n) is 4.12. The fraction of sp³-hybridized carbons (Fsp3) is 0.231. The van der Waals surface area contributed by atoms with Crippen molar-refractivity contribution in [3.63, 3.8) is 0 Å². The van der Waals surface area contributed by atoms with Crippen LogP contribution >= 0.6 is 0 Å². The van der Waals surface area contributed by atoms with E-state index in [1.54, 1.807) is 6.07 Å². The lowest BCUT2D eigenvalue weighted by atomic mass is 10.1. The van der Waals surface area contributed by atoms with Crippen LogP contribution in [0.5, 0.6) is 5.75 Å². The van der Waals surface area contributed by atoms with Gasteiger partial charge in [-0.2, -0.15) is 0 Å². The summed E-state index contributed by atoms with van der Waals surface area (Å²) < 4.78 is 5.61. The summed E-state index contributed by atoms with van der Waals surface area (Å²) >= 11 is 0. The summed E-state index contributed by atoms with van der Waals surface area (Å²) in [5.41, 5.74) is 1.57. The van der Waals surface area contributed by atoms with Gasteiger partial charge in [0.1, 0.15) is 23.7 Å². The average molecular weight is 244 g/mol. The van der Waals surface area contributed by atoms with Crippen LogP contribution in [0, 0.1) is 0 Å². The Kier molecular flexibility index (Phi) is 2.51. The number of hydrogen-bond acceptors (Lipinski definition) is 4. The molecule has 5 nitrogen and oxygen atoms in total. The maximum atomic E-state index is 11.0. The van der Waals surface area contributed by atoms with Crippen LogP contribution in [0.4, 0.5) is 0 Å². The third kappa shape index (κ3) is 1.73. The molecule has 0 bridgehead atoms. The van der Waals surface area contributed by atoms with Gasteiger partial charge in [0, 0.05) is 6.54 Å². The molecule has 92 valence electrons. The van der Waals surface area contributed by atoms with E-state index in [0.29, 0.717) is 18.1 Å². The van der Waals surface area contributed by atoms with Gasteiger partial charge in [0.2, 0.25) is 0 Å². The molecule has 0 saturated carbocycles. The number of pyridine rings is 1. The number of carbonyl (C=O) groups is 1. The molecule has 0 amide bonds. The molecular weight excluding hydrogens is 232 g/mol. The Bertz CT molecular complexity index is 563. The number of nitrogens with zero attached hydrogens (tertiary/aromatic N) is 2. The number of aromatic carboxylic acids is 1. The monoisotopic (exact) mass is 244 g/mol. The predicted molar refractivity (Wildman–Crippen MR) is 65.4 cm³/mol. The van der Waals surface area contributed by atoms with Gasteiger partial charge >= 0.3 is 5.97 Å². The molecule has 18 heavy (non-hydrogen) atoms. The SMILES string of the molecule is O=C(O)c1ccc2c(n1)C1=CC=CCN1CCO2. The van der Waals surface area contributed by atoms with Gasteiger partial charge in [-0.05, 0) is 18.2 Å². The second-order valence-corrected chi connectivity index (χ2v) is 4.12. The van der Waals surface area contributed by atoms with Gasteiger partial charge in [-0.25, -0.2) is 9.78 Å². The quantitative estimate of drug-likeness (QED) is 0.808. The molecule has 0 radical (unpaired) electrons. The van der Waals surface area contributed by atoms with Crippen LogP contribution in [0.25, 0.3) is 5.70 Å². The van der Waals surface area contributed by atoms with Crippen molar-refractivity contribution in [3.05, 3.63) is 41.7 Å². The third-order valence-corrected chi connectivity index (χ3v) is 3.00. The molecule has 5 heteroatoms. The summed E-state index contributed by atoms with van der Waals surface area (Å²) in [5.74, 6) is -0.385. The standard InChI is InChI=1S/C13H12N2O3/c16-13(17)9-4-5-11-12(14-9)10-3-1-2-6-15(10)7-8-18-11/h1-5H,6-8H2,(H,16,17). The number of carboxylic acids is 1. The van der Waals surface area contributed by atoms with Crippen molar-refractivity contribution >= 4 is 11.7 Å². The van der Waals surface area contributed by atoms with Gasteiger partial charge in [0.05, 0.1) is 12.2 Å². The van der Waals surface area contributed by atoms with Gasteiger partial charge in [-0.15, -0.1) is 0 Å². The van der Waals surface area contributed by atoms with Crippen molar-refractivity contribution < 1.29 is 14.6 Å². The van der Waals surface area contributed by atoms with E-state index >= 15 is 0 Å². The Balaban J connectivity index is 2.14. The van der Waals surface area contributed by atoms with Crippen LogP contribution in [0.3, 0.4) is 0 Å². The number of ether oxygens (including phenoxy) is 1. The molecule has 0 unspecified atom stereocenters. The molecule has 2 aliphatic rings. The Morgan fingerprint density at radius 2 is 2.33 bits per heavy atom. The normalized spacial score (nSPS) is 17.1. The van der Waals surface area contributed by atoms with E-state index in [1.807, 2.05) is 12.2 Å². The van der Waals surface area contributed by atoms with Crippen LogP contribution in [0.15, 0.2) is 30.4 Å². The summed E-state index contributed by atoms with van der Waals surface area (Å²) in [6, 6.07) is 3.14. The number of fused-ring (bicyclic) bond motifs is 3. The highest BCUT2D eigenvalue weighted by atomic mass is 16.5. The van der Waals surface area contributed by atoms with Crippen molar-refractivity contribution in [2.24, 2.45) is 0 Å². The predicted octanol–water partition coefficient (Wildman–Crippen LogP) is 1.38. The highest BCUT2D eigenvalue weighted by molar-refractivity contribution is 5.86. The van der Waals surface area contributed by atoms with Crippen LogP contribution in [0.1, 0.15) is 16.2 Å². The highest BCUT2D eigenvalue weighted by Gasteiger charge is 2.23. The fourth-order valence-electron chi connectivity index (χ4n) is 2.12. The van der Waals surface area contributed by atoms with E-state index < -0.39 is 5.97 Å². The first-order chi connectivity index (χ1) is 8.75. The molecule has 2 aliphatic heterocycles. The molecule has 0 atom stereocenters. The molecule has 0 fully saturated rings. The molecule has 3 heterocycles. The zero-order chi connectivity index (χ0) is 12.5. The van der Waals surface area contributed by atoms with Gasteiger partial charge in [0.15, 0.2) is 0 Å². The molecule has 1 aromatic rings. The first-order valence-corrected chi connectivity index (χ1v) is 5.75. The lowest BCUT2D eigenvalue weighted by Crippen LogP contribution is -2.26. The maximum absolute atomic E-state index is 11.0. The summed E-state index contributed by atoms with van der Waals surface area (Å²) in [5, 5.41) is 9.00. The minimum absolute atomic E-state index is 0.0367. The Labute approximate surface area is 104 Å². The smallest absolute Gasteiger partial charge is 0.354 e. The second kappa shape index (κ2) is 4.18. The molecule has 1 N–H and O–H groups in total. The number of aromatic nitrogens is 1. The molecule has 0 spiro atoms. The summed E-state index contributed by atoms with van der Waals surface area (Å²) in [4.78, 5) is 17.3. The Morgan fingerprint density at radius 3 is 3.17 bits per heavy atom. The average Bonchev–Trinajstić information content (AvgIpc) is 2.57. The van der Waals surface area contributed by atoms with E-state index in [2.05, 4.69) is 16.0 Å². The van der Waals surface area contributed by atoms with E-state index in [9.17, 15) is 4.79 Å². The van der Waals surface area contributed by atoms with Crippen molar-refractivity contribution in [1.29, 1.82) is 0 Å². The zero-order valence-electron chi connectivity index (χ0n) is 9.67. The van der Waals surface area contributed by atoms with Gasteiger partial charge in [-0.1, -0.05) is 12.2 Å². The summed E-state index contributed by atoms with van der Waals surface area (Å²) in [6.07, 6.45) is 5.95. The molecular formula is C13H12N2O3. The first kappa shape index (κ1) is 10.8. The maximum Gasteiger partial charge on any atom is 0.354 e. The van der Waals surface area contributed by atoms with Gasteiger partial charge in [-0.3, -0.25) is 0 Å². The lowest BCUT2D eigenvalue weighted by molar-refractivity contribution is 0.0690. The van der Waals surface area contributed by atoms with Crippen molar-refractivity contribution in [1.82, 2.24) is 9.88 Å². The molecule has 3 rings (SSSR count). The first-order valence-electron chi connectivity index (χ1n) is 5.75. The number of rotatable bonds is 1. The van der Waals surface area contributed by atoms with Crippen LogP contribution in [0.2, 0.25) is 0 Å².